The monoisotopic (exact) mass is 275 g/mol. The Labute approximate surface area is 119 Å². The minimum Gasteiger partial charge on any atom is -0.457 e. The second-order valence-corrected chi connectivity index (χ2v) is 5.57. The van der Waals surface area contributed by atoms with E-state index in [4.69, 9.17) is 16.3 Å². The van der Waals surface area contributed by atoms with Gasteiger partial charge in [0.15, 0.2) is 0 Å². The van der Waals surface area contributed by atoms with Crippen LogP contribution in [0.1, 0.15) is 32.8 Å². The molecule has 0 aliphatic rings. The van der Waals surface area contributed by atoms with Crippen LogP contribution < -0.4 is 4.74 Å². The van der Waals surface area contributed by atoms with Crippen molar-refractivity contribution in [1.29, 1.82) is 0 Å². The fourth-order valence-electron chi connectivity index (χ4n) is 1.76. The zero-order valence-electron chi connectivity index (χ0n) is 11.5. The summed E-state index contributed by atoms with van der Waals surface area (Å²) in [5.41, 5.74) is 1.51. The number of ether oxygens (including phenoxy) is 1. The first-order valence-corrected chi connectivity index (χ1v) is 6.79. The van der Waals surface area contributed by atoms with Crippen LogP contribution in [0.5, 0.6) is 11.5 Å². The zero-order valence-corrected chi connectivity index (χ0v) is 12.2. The summed E-state index contributed by atoms with van der Waals surface area (Å²) >= 11 is 5.82. The normalized spacial score (nSPS) is 11.4. The number of hydrogen-bond acceptors (Lipinski definition) is 2. The van der Waals surface area contributed by atoms with Crippen LogP contribution in [0, 0.1) is 0 Å². The van der Waals surface area contributed by atoms with E-state index in [2.05, 4.69) is 37.9 Å². The second-order valence-electron chi connectivity index (χ2n) is 5.18. The third-order valence-electron chi connectivity index (χ3n) is 3.45. The first-order chi connectivity index (χ1) is 9.01. The van der Waals surface area contributed by atoms with Gasteiger partial charge in [-0.1, -0.05) is 44.5 Å². The maximum absolute atomic E-state index is 5.82. The molecule has 3 heteroatoms. The highest BCUT2D eigenvalue weighted by molar-refractivity contribution is 6.29. The van der Waals surface area contributed by atoms with E-state index in [1.165, 1.54) is 5.56 Å². The number of halogens is 1. The van der Waals surface area contributed by atoms with Gasteiger partial charge in [-0.05, 0) is 35.6 Å². The summed E-state index contributed by atoms with van der Waals surface area (Å²) in [7, 11) is 0. The van der Waals surface area contributed by atoms with E-state index in [1.807, 2.05) is 12.1 Å². The molecule has 0 unspecified atom stereocenters. The minimum atomic E-state index is 0.193. The predicted molar refractivity (Wildman–Crippen MR) is 79.1 cm³/mol. The Bertz CT molecular complexity index is 549. The van der Waals surface area contributed by atoms with Crippen molar-refractivity contribution in [3.63, 3.8) is 0 Å². The summed E-state index contributed by atoms with van der Waals surface area (Å²) in [5.74, 6) is 1.50. The molecule has 0 saturated carbocycles. The van der Waals surface area contributed by atoms with Crippen LogP contribution in [0.4, 0.5) is 0 Å². The highest BCUT2D eigenvalue weighted by Crippen LogP contribution is 2.29. The molecule has 0 fully saturated rings. The molecule has 0 bridgehead atoms. The first kappa shape index (κ1) is 13.9. The molecule has 0 atom stereocenters. The summed E-state index contributed by atoms with van der Waals surface area (Å²) in [6.07, 6.45) is 2.74. The van der Waals surface area contributed by atoms with Gasteiger partial charge in [-0.3, -0.25) is 0 Å². The van der Waals surface area contributed by atoms with Crippen molar-refractivity contribution in [3.05, 3.63) is 53.3 Å². The van der Waals surface area contributed by atoms with Crippen molar-refractivity contribution in [3.8, 4) is 11.5 Å². The Morgan fingerprint density at radius 2 is 1.79 bits per heavy atom. The van der Waals surface area contributed by atoms with Crippen LogP contribution in [0.25, 0.3) is 0 Å². The van der Waals surface area contributed by atoms with Gasteiger partial charge in [-0.15, -0.1) is 0 Å². The van der Waals surface area contributed by atoms with Gasteiger partial charge in [0.2, 0.25) is 0 Å². The Morgan fingerprint density at radius 3 is 2.37 bits per heavy atom. The summed E-state index contributed by atoms with van der Waals surface area (Å²) in [4.78, 5) is 3.92. The summed E-state index contributed by atoms with van der Waals surface area (Å²) in [6, 6.07) is 11.7. The molecule has 0 aliphatic carbocycles. The highest BCUT2D eigenvalue weighted by Gasteiger charge is 2.17. The molecule has 2 rings (SSSR count). The zero-order chi connectivity index (χ0) is 13.9. The number of hydrogen-bond donors (Lipinski definition) is 0. The van der Waals surface area contributed by atoms with Crippen molar-refractivity contribution < 1.29 is 4.74 Å². The molecule has 0 amide bonds. The Hall–Kier alpha value is -1.54. The molecule has 1 heterocycles. The third kappa shape index (κ3) is 3.48. The largest absolute Gasteiger partial charge is 0.457 e. The van der Waals surface area contributed by atoms with Crippen molar-refractivity contribution in [1.82, 2.24) is 4.98 Å². The average Bonchev–Trinajstić information content (AvgIpc) is 2.39. The summed E-state index contributed by atoms with van der Waals surface area (Å²) in [6.45, 7) is 6.68. The van der Waals surface area contributed by atoms with Gasteiger partial charge >= 0.3 is 0 Å². The first-order valence-electron chi connectivity index (χ1n) is 6.41. The molecule has 2 nitrogen and oxygen atoms in total. The van der Waals surface area contributed by atoms with E-state index >= 15 is 0 Å². The quantitative estimate of drug-likeness (QED) is 0.714. The number of pyridine rings is 1. The lowest BCUT2D eigenvalue weighted by atomic mass is 9.82. The molecule has 0 aliphatic heterocycles. The van der Waals surface area contributed by atoms with Gasteiger partial charge in [-0.2, -0.15) is 0 Å². The van der Waals surface area contributed by atoms with Gasteiger partial charge in [0.25, 0.3) is 0 Å². The van der Waals surface area contributed by atoms with Gasteiger partial charge in [-0.25, -0.2) is 4.98 Å². The highest BCUT2D eigenvalue weighted by atomic mass is 35.5. The molecule has 0 radical (unpaired) electrons. The SMILES string of the molecule is CCC(C)(C)c1ccc(Oc2ccnc(Cl)c2)cc1. The fourth-order valence-corrected chi connectivity index (χ4v) is 1.93. The number of benzene rings is 1. The Morgan fingerprint density at radius 1 is 1.11 bits per heavy atom. The average molecular weight is 276 g/mol. The maximum atomic E-state index is 5.82. The molecular weight excluding hydrogens is 258 g/mol. The van der Waals surface area contributed by atoms with Gasteiger partial charge in [0.05, 0.1) is 0 Å². The van der Waals surface area contributed by atoms with Gasteiger partial charge in [0.1, 0.15) is 16.7 Å². The molecule has 0 saturated heterocycles. The van der Waals surface area contributed by atoms with Crippen molar-refractivity contribution in [2.75, 3.05) is 0 Å². The van der Waals surface area contributed by atoms with E-state index < -0.39 is 0 Å². The predicted octanol–water partition coefficient (Wildman–Crippen LogP) is 5.21. The smallest absolute Gasteiger partial charge is 0.132 e. The second kappa shape index (κ2) is 5.62. The fraction of sp³-hybridized carbons (Fsp3) is 0.312. The molecule has 2 aromatic rings. The molecular formula is C16H18ClNO. The molecule has 1 aromatic heterocycles. The van der Waals surface area contributed by atoms with E-state index in [1.54, 1.807) is 18.3 Å². The Kier molecular flexibility index (Phi) is 4.11. The van der Waals surface area contributed by atoms with Crippen molar-refractivity contribution >= 4 is 11.6 Å². The third-order valence-corrected chi connectivity index (χ3v) is 3.66. The number of aromatic nitrogens is 1. The lowest BCUT2D eigenvalue weighted by Gasteiger charge is -2.23. The molecule has 0 N–H and O–H groups in total. The van der Waals surface area contributed by atoms with Gasteiger partial charge in [0, 0.05) is 12.3 Å². The van der Waals surface area contributed by atoms with E-state index in [0.717, 1.165) is 12.2 Å². The minimum absolute atomic E-state index is 0.193. The standard InChI is InChI=1S/C16H18ClNO/c1-4-16(2,3)12-5-7-13(8-6-12)19-14-9-10-18-15(17)11-14/h5-11H,4H2,1-3H3. The Balaban J connectivity index is 2.15. The number of rotatable bonds is 4. The van der Waals surface area contributed by atoms with Crippen LogP contribution in [0.3, 0.4) is 0 Å². The maximum Gasteiger partial charge on any atom is 0.132 e. The van der Waals surface area contributed by atoms with Crippen LogP contribution in [-0.2, 0) is 5.41 Å². The molecule has 1 aromatic carbocycles. The van der Waals surface area contributed by atoms with Crippen LogP contribution in [0.15, 0.2) is 42.6 Å². The van der Waals surface area contributed by atoms with Crippen LogP contribution in [-0.4, -0.2) is 4.98 Å². The summed E-state index contributed by atoms with van der Waals surface area (Å²) < 4.78 is 5.74. The van der Waals surface area contributed by atoms with Crippen LogP contribution in [0.2, 0.25) is 5.15 Å². The van der Waals surface area contributed by atoms with E-state index in [-0.39, 0.29) is 5.41 Å². The topological polar surface area (TPSA) is 22.1 Å². The molecule has 19 heavy (non-hydrogen) atoms. The van der Waals surface area contributed by atoms with Crippen molar-refractivity contribution in [2.24, 2.45) is 0 Å². The lowest BCUT2D eigenvalue weighted by Crippen LogP contribution is -2.14. The van der Waals surface area contributed by atoms with Crippen LogP contribution >= 0.6 is 11.6 Å². The number of nitrogens with zero attached hydrogens (tertiary/aromatic N) is 1. The van der Waals surface area contributed by atoms with Gasteiger partial charge < -0.3 is 4.74 Å². The van der Waals surface area contributed by atoms with E-state index in [9.17, 15) is 0 Å². The summed E-state index contributed by atoms with van der Waals surface area (Å²) in [5, 5.41) is 0.432. The lowest BCUT2D eigenvalue weighted by molar-refractivity contribution is 0.477. The van der Waals surface area contributed by atoms with E-state index in [0.29, 0.717) is 10.9 Å². The van der Waals surface area contributed by atoms with Crippen molar-refractivity contribution in [2.45, 2.75) is 32.6 Å². The molecule has 0 spiro atoms. The molecule has 100 valence electrons.